The van der Waals surface area contributed by atoms with Crippen LogP contribution in [0.1, 0.15) is 46.0 Å². The summed E-state index contributed by atoms with van der Waals surface area (Å²) in [6.07, 6.45) is 5.18. The smallest absolute Gasteiger partial charge is 0.241 e. The van der Waals surface area contributed by atoms with Gasteiger partial charge in [0.1, 0.15) is 4.75 Å². The van der Waals surface area contributed by atoms with Crippen LogP contribution >= 0.6 is 11.6 Å². The largest absolute Gasteiger partial charge is 0.352 e. The lowest BCUT2D eigenvalue weighted by Gasteiger charge is -2.29. The molecule has 1 amide bonds. The number of amides is 1. The van der Waals surface area contributed by atoms with E-state index in [9.17, 15) is 13.2 Å². The van der Waals surface area contributed by atoms with Crippen LogP contribution in [-0.4, -0.2) is 25.1 Å². The summed E-state index contributed by atoms with van der Waals surface area (Å²) in [4.78, 5) is 12.6. The number of halogens is 1. The van der Waals surface area contributed by atoms with Crippen LogP contribution in [0.25, 0.3) is 0 Å². The molecule has 1 aliphatic rings. The Morgan fingerprint density at radius 2 is 1.68 bits per heavy atom. The summed E-state index contributed by atoms with van der Waals surface area (Å²) in [5, 5.41) is 3.36. The third-order valence-corrected chi connectivity index (χ3v) is 6.96. The molecular formula is C16H22ClNO3S. The van der Waals surface area contributed by atoms with E-state index in [4.69, 9.17) is 11.6 Å². The number of rotatable bonds is 4. The Morgan fingerprint density at radius 3 is 2.23 bits per heavy atom. The van der Waals surface area contributed by atoms with Gasteiger partial charge >= 0.3 is 0 Å². The van der Waals surface area contributed by atoms with Gasteiger partial charge in [-0.2, -0.15) is 0 Å². The van der Waals surface area contributed by atoms with Crippen molar-refractivity contribution in [3.05, 3.63) is 29.3 Å². The normalized spacial score (nSPS) is 17.2. The number of hydrogen-bond donors (Lipinski definition) is 1. The van der Waals surface area contributed by atoms with Crippen LogP contribution in [0.4, 0.5) is 0 Å². The van der Waals surface area contributed by atoms with E-state index in [0.717, 1.165) is 25.7 Å². The van der Waals surface area contributed by atoms with Crippen molar-refractivity contribution in [2.75, 3.05) is 0 Å². The second-order valence-corrected chi connectivity index (χ2v) is 9.21. The van der Waals surface area contributed by atoms with Gasteiger partial charge in [0.25, 0.3) is 0 Å². The number of carbonyl (C=O) groups excluding carboxylic acids is 1. The zero-order valence-electron chi connectivity index (χ0n) is 12.9. The fourth-order valence-electron chi connectivity index (χ4n) is 2.64. The Labute approximate surface area is 137 Å². The van der Waals surface area contributed by atoms with Crippen LogP contribution in [-0.2, 0) is 14.6 Å². The molecule has 0 saturated heterocycles. The van der Waals surface area contributed by atoms with Gasteiger partial charge in [0.2, 0.25) is 5.91 Å². The van der Waals surface area contributed by atoms with E-state index in [-0.39, 0.29) is 10.9 Å². The summed E-state index contributed by atoms with van der Waals surface area (Å²) in [5.74, 6) is -0.436. The Hall–Kier alpha value is -1.07. The average molecular weight is 344 g/mol. The molecule has 0 aromatic heterocycles. The molecule has 22 heavy (non-hydrogen) atoms. The number of sulfone groups is 1. The standard InChI is InChI=1S/C16H22ClNO3S/c1-16(2,15(19)18-13-6-4-3-5-7-13)22(20,21)14-10-8-12(17)9-11-14/h8-11,13H,3-7H2,1-2H3,(H,18,19). The third-order valence-electron chi connectivity index (χ3n) is 4.28. The van der Waals surface area contributed by atoms with Gasteiger partial charge in [0.15, 0.2) is 9.84 Å². The van der Waals surface area contributed by atoms with Crippen molar-refractivity contribution in [1.29, 1.82) is 0 Å². The highest BCUT2D eigenvalue weighted by atomic mass is 35.5. The minimum atomic E-state index is -3.78. The molecule has 2 rings (SSSR count). The van der Waals surface area contributed by atoms with Crippen LogP contribution in [0, 0.1) is 0 Å². The van der Waals surface area contributed by atoms with Crippen LogP contribution < -0.4 is 5.32 Å². The highest BCUT2D eigenvalue weighted by Crippen LogP contribution is 2.27. The van der Waals surface area contributed by atoms with Crippen molar-refractivity contribution in [2.24, 2.45) is 0 Å². The van der Waals surface area contributed by atoms with E-state index in [1.54, 1.807) is 0 Å². The lowest BCUT2D eigenvalue weighted by atomic mass is 9.95. The maximum atomic E-state index is 12.7. The molecule has 0 radical (unpaired) electrons. The van der Waals surface area contributed by atoms with E-state index in [1.807, 2.05) is 0 Å². The Bertz CT molecular complexity index is 632. The zero-order valence-corrected chi connectivity index (χ0v) is 14.5. The summed E-state index contributed by atoms with van der Waals surface area (Å²) in [6, 6.07) is 5.99. The van der Waals surface area contributed by atoms with Gasteiger partial charge in [0, 0.05) is 11.1 Å². The number of nitrogens with one attached hydrogen (secondary N) is 1. The Kier molecular flexibility index (Phi) is 5.17. The molecule has 1 saturated carbocycles. The first-order valence-electron chi connectivity index (χ1n) is 7.56. The van der Waals surface area contributed by atoms with Crippen molar-refractivity contribution >= 4 is 27.3 Å². The second-order valence-electron chi connectivity index (χ2n) is 6.28. The minimum absolute atomic E-state index is 0.0842. The van der Waals surface area contributed by atoms with Gasteiger partial charge in [0.05, 0.1) is 4.90 Å². The first-order chi connectivity index (χ1) is 10.2. The summed E-state index contributed by atoms with van der Waals surface area (Å²) in [7, 11) is -3.78. The third kappa shape index (κ3) is 3.46. The van der Waals surface area contributed by atoms with Crippen LogP contribution in [0.3, 0.4) is 0 Å². The van der Waals surface area contributed by atoms with Crippen molar-refractivity contribution in [2.45, 2.75) is 61.6 Å². The first kappa shape index (κ1) is 17.3. The highest BCUT2D eigenvalue weighted by Gasteiger charge is 2.43. The summed E-state index contributed by atoms with van der Waals surface area (Å²) < 4.78 is 24.0. The molecule has 0 spiro atoms. The maximum absolute atomic E-state index is 12.7. The molecule has 0 bridgehead atoms. The fourth-order valence-corrected chi connectivity index (χ4v) is 4.15. The van der Waals surface area contributed by atoms with Crippen molar-refractivity contribution in [3.8, 4) is 0 Å². The van der Waals surface area contributed by atoms with Gasteiger partial charge in [-0.05, 0) is 51.0 Å². The lowest BCUT2D eigenvalue weighted by Crippen LogP contribution is -2.51. The Balaban J connectivity index is 2.19. The molecule has 0 unspecified atom stereocenters. The molecule has 1 N–H and O–H groups in total. The quantitative estimate of drug-likeness (QED) is 0.911. The predicted octanol–water partition coefficient (Wildman–Crippen LogP) is 3.34. The van der Waals surface area contributed by atoms with Gasteiger partial charge in [-0.3, -0.25) is 4.79 Å². The summed E-state index contributed by atoms with van der Waals surface area (Å²) >= 11 is 5.79. The highest BCUT2D eigenvalue weighted by molar-refractivity contribution is 7.93. The molecule has 1 aliphatic carbocycles. The van der Waals surface area contributed by atoms with Crippen molar-refractivity contribution < 1.29 is 13.2 Å². The van der Waals surface area contributed by atoms with E-state index in [0.29, 0.717) is 5.02 Å². The monoisotopic (exact) mass is 343 g/mol. The van der Waals surface area contributed by atoms with Gasteiger partial charge in [-0.15, -0.1) is 0 Å². The molecule has 4 nitrogen and oxygen atoms in total. The van der Waals surface area contributed by atoms with Gasteiger partial charge < -0.3 is 5.32 Å². The van der Waals surface area contributed by atoms with Crippen LogP contribution in [0.15, 0.2) is 29.2 Å². The maximum Gasteiger partial charge on any atom is 0.241 e. The SMILES string of the molecule is CC(C)(C(=O)NC1CCCCC1)S(=O)(=O)c1ccc(Cl)cc1. The number of benzene rings is 1. The second kappa shape index (κ2) is 6.59. The van der Waals surface area contributed by atoms with Gasteiger partial charge in [-0.25, -0.2) is 8.42 Å². The number of hydrogen-bond acceptors (Lipinski definition) is 3. The lowest BCUT2D eigenvalue weighted by molar-refractivity contribution is -0.123. The molecule has 0 aliphatic heterocycles. The van der Waals surface area contributed by atoms with E-state index in [2.05, 4.69) is 5.32 Å². The molecule has 0 heterocycles. The molecule has 1 aromatic rings. The number of carbonyl (C=O) groups is 1. The topological polar surface area (TPSA) is 63.2 Å². The van der Waals surface area contributed by atoms with E-state index >= 15 is 0 Å². The minimum Gasteiger partial charge on any atom is -0.352 e. The Morgan fingerprint density at radius 1 is 1.14 bits per heavy atom. The van der Waals surface area contributed by atoms with Crippen LogP contribution in [0.2, 0.25) is 5.02 Å². The molecule has 122 valence electrons. The van der Waals surface area contributed by atoms with Gasteiger partial charge in [-0.1, -0.05) is 30.9 Å². The van der Waals surface area contributed by atoms with Crippen molar-refractivity contribution in [1.82, 2.24) is 5.32 Å². The molecule has 0 atom stereocenters. The molecule has 1 fully saturated rings. The zero-order chi connectivity index (χ0) is 16.4. The first-order valence-corrected chi connectivity index (χ1v) is 9.42. The van der Waals surface area contributed by atoms with E-state index in [1.165, 1.54) is 44.5 Å². The van der Waals surface area contributed by atoms with Crippen molar-refractivity contribution in [3.63, 3.8) is 0 Å². The molecule has 6 heteroatoms. The average Bonchev–Trinajstić information content (AvgIpc) is 2.48. The van der Waals surface area contributed by atoms with Crippen LogP contribution in [0.5, 0.6) is 0 Å². The van der Waals surface area contributed by atoms with E-state index < -0.39 is 20.5 Å². The summed E-state index contributed by atoms with van der Waals surface area (Å²) in [6.45, 7) is 2.91. The predicted molar refractivity (Wildman–Crippen MR) is 87.7 cm³/mol. The fraction of sp³-hybridized carbons (Fsp3) is 0.562. The molecular weight excluding hydrogens is 322 g/mol. The summed E-state index contributed by atoms with van der Waals surface area (Å²) in [5.41, 5.74) is 0. The molecule has 1 aromatic carbocycles.